The van der Waals surface area contributed by atoms with Crippen LogP contribution in [0.5, 0.6) is 0 Å². The molecule has 0 spiro atoms. The third kappa shape index (κ3) is 4.12. The van der Waals surface area contributed by atoms with E-state index < -0.39 is 11.4 Å². The molecule has 0 amide bonds. The van der Waals surface area contributed by atoms with E-state index in [4.69, 9.17) is 0 Å². The van der Waals surface area contributed by atoms with Gasteiger partial charge in [0.1, 0.15) is 5.82 Å². The largest absolute Gasteiger partial charge is 0.750 e. The van der Waals surface area contributed by atoms with Gasteiger partial charge in [0.2, 0.25) is 0 Å². The van der Waals surface area contributed by atoms with Gasteiger partial charge in [-0.25, -0.2) is 8.60 Å². The molecule has 13 heavy (non-hydrogen) atoms. The Morgan fingerprint density at radius 1 is 1.38 bits per heavy atom. The summed E-state index contributed by atoms with van der Waals surface area (Å²) in [6.45, 7) is 0.0851. The number of halogens is 1. The molecule has 0 saturated heterocycles. The second-order valence-electron chi connectivity index (χ2n) is 2.40. The molecule has 0 fully saturated rings. The highest BCUT2D eigenvalue weighted by Gasteiger charge is 1.94. The Kier molecular flexibility index (Phi) is 4.01. The zero-order valence-corrected chi connectivity index (χ0v) is 7.55. The van der Waals surface area contributed by atoms with Crippen molar-refractivity contribution in [3.8, 4) is 0 Å². The molecule has 1 unspecified atom stereocenters. The summed E-state index contributed by atoms with van der Waals surface area (Å²) in [6, 6.07) is 5.83. The third-order valence-electron chi connectivity index (χ3n) is 1.48. The van der Waals surface area contributed by atoms with Gasteiger partial charge in [-0.15, -0.1) is 0 Å². The standard InChI is InChI=1S/C8H9FO3S/c9-8-3-1-7(2-4-8)5-6-12-13(10)11/h1-4H,5-6H2,(H,10,11)/p-1. The van der Waals surface area contributed by atoms with Crippen molar-refractivity contribution in [3.05, 3.63) is 35.6 Å². The maximum atomic E-state index is 12.4. The molecule has 1 aromatic carbocycles. The topological polar surface area (TPSA) is 49.4 Å². The van der Waals surface area contributed by atoms with Crippen molar-refractivity contribution in [3.63, 3.8) is 0 Å². The monoisotopic (exact) mass is 203 g/mol. The van der Waals surface area contributed by atoms with Crippen LogP contribution in [0.1, 0.15) is 5.56 Å². The molecule has 0 aliphatic rings. The molecule has 1 atom stereocenters. The normalized spacial score (nSPS) is 12.8. The van der Waals surface area contributed by atoms with E-state index >= 15 is 0 Å². The Labute approximate surface area is 78.0 Å². The minimum atomic E-state index is -2.47. The van der Waals surface area contributed by atoms with E-state index in [0.29, 0.717) is 6.42 Å². The van der Waals surface area contributed by atoms with Gasteiger partial charge in [0, 0.05) is 0 Å². The van der Waals surface area contributed by atoms with Crippen LogP contribution in [0.25, 0.3) is 0 Å². The van der Waals surface area contributed by atoms with Gasteiger partial charge >= 0.3 is 0 Å². The van der Waals surface area contributed by atoms with E-state index in [0.717, 1.165) is 5.56 Å². The van der Waals surface area contributed by atoms with Gasteiger partial charge in [0.05, 0.1) is 18.0 Å². The van der Waals surface area contributed by atoms with Crippen molar-refractivity contribution < 1.29 is 17.3 Å². The fourth-order valence-electron chi connectivity index (χ4n) is 0.879. The highest BCUT2D eigenvalue weighted by Crippen LogP contribution is 2.03. The smallest absolute Gasteiger partial charge is 0.123 e. The highest BCUT2D eigenvalue weighted by molar-refractivity contribution is 7.74. The molecular formula is C8H8FO3S-. The summed E-state index contributed by atoms with van der Waals surface area (Å²) in [5, 5.41) is 0. The molecule has 0 aliphatic carbocycles. The lowest BCUT2D eigenvalue weighted by molar-refractivity contribution is 0.304. The van der Waals surface area contributed by atoms with E-state index in [2.05, 4.69) is 4.18 Å². The van der Waals surface area contributed by atoms with E-state index in [1.165, 1.54) is 12.1 Å². The summed E-state index contributed by atoms with van der Waals surface area (Å²) >= 11 is -2.47. The SMILES string of the molecule is O=S([O-])OCCc1ccc(F)cc1. The average Bonchev–Trinajstić information content (AvgIpc) is 2.08. The first-order chi connectivity index (χ1) is 6.18. The zero-order chi connectivity index (χ0) is 9.68. The second-order valence-corrected chi connectivity index (χ2v) is 3.05. The van der Waals surface area contributed by atoms with E-state index in [-0.39, 0.29) is 12.4 Å². The summed E-state index contributed by atoms with van der Waals surface area (Å²) in [7, 11) is 0. The fraction of sp³-hybridized carbons (Fsp3) is 0.250. The minimum Gasteiger partial charge on any atom is -0.750 e. The van der Waals surface area contributed by atoms with Gasteiger partial charge in [-0.1, -0.05) is 12.1 Å². The molecule has 0 saturated carbocycles. The Hall–Kier alpha value is -0.780. The molecule has 0 heterocycles. The summed E-state index contributed by atoms with van der Waals surface area (Å²) in [4.78, 5) is 0. The second kappa shape index (κ2) is 5.06. The molecule has 72 valence electrons. The number of rotatable bonds is 4. The van der Waals surface area contributed by atoms with E-state index in [1.807, 2.05) is 0 Å². The highest BCUT2D eigenvalue weighted by atomic mass is 32.2. The first-order valence-corrected chi connectivity index (χ1v) is 4.65. The molecule has 0 N–H and O–H groups in total. The summed E-state index contributed by atoms with van der Waals surface area (Å²) in [6.07, 6.45) is 0.453. The Morgan fingerprint density at radius 2 is 2.00 bits per heavy atom. The van der Waals surface area contributed by atoms with Gasteiger partial charge in [-0.2, -0.15) is 0 Å². The fourth-order valence-corrected chi connectivity index (χ4v) is 1.10. The summed E-state index contributed by atoms with van der Waals surface area (Å²) < 4.78 is 36.6. The van der Waals surface area contributed by atoms with Crippen LogP contribution in [-0.2, 0) is 22.0 Å². The lowest BCUT2D eigenvalue weighted by Gasteiger charge is -2.05. The summed E-state index contributed by atoms with van der Waals surface area (Å²) in [5.74, 6) is -0.308. The predicted octanol–water partition coefficient (Wildman–Crippen LogP) is 1.18. The molecule has 0 aromatic heterocycles. The van der Waals surface area contributed by atoms with Crippen molar-refractivity contribution in [1.82, 2.24) is 0 Å². The van der Waals surface area contributed by atoms with Crippen molar-refractivity contribution in [2.45, 2.75) is 6.42 Å². The molecule has 5 heteroatoms. The predicted molar refractivity (Wildman–Crippen MR) is 45.0 cm³/mol. The van der Waals surface area contributed by atoms with Gasteiger partial charge < -0.3 is 8.74 Å². The summed E-state index contributed by atoms with van der Waals surface area (Å²) in [5.41, 5.74) is 0.840. The molecule has 1 rings (SSSR count). The van der Waals surface area contributed by atoms with Gasteiger partial charge in [-0.05, 0) is 24.1 Å². The zero-order valence-electron chi connectivity index (χ0n) is 6.73. The lowest BCUT2D eigenvalue weighted by atomic mass is 10.2. The average molecular weight is 203 g/mol. The van der Waals surface area contributed by atoms with Crippen LogP contribution in [0.4, 0.5) is 4.39 Å². The third-order valence-corrected chi connectivity index (χ3v) is 1.84. The molecule has 0 radical (unpaired) electrons. The van der Waals surface area contributed by atoms with Crippen LogP contribution in [-0.4, -0.2) is 15.4 Å². The number of hydrogen-bond acceptors (Lipinski definition) is 3. The molecule has 0 bridgehead atoms. The van der Waals surface area contributed by atoms with Crippen LogP contribution >= 0.6 is 0 Å². The quantitative estimate of drug-likeness (QED) is 0.690. The Bertz CT molecular complexity index is 286. The first-order valence-electron chi connectivity index (χ1n) is 3.65. The first kappa shape index (κ1) is 10.3. The molecule has 0 aliphatic heterocycles. The van der Waals surface area contributed by atoms with Crippen LogP contribution < -0.4 is 0 Å². The van der Waals surface area contributed by atoms with Crippen LogP contribution in [0.15, 0.2) is 24.3 Å². The number of hydrogen-bond donors (Lipinski definition) is 0. The van der Waals surface area contributed by atoms with Gasteiger partial charge in [-0.3, -0.25) is 0 Å². The van der Waals surface area contributed by atoms with Crippen LogP contribution in [0.2, 0.25) is 0 Å². The van der Waals surface area contributed by atoms with Gasteiger partial charge in [0.15, 0.2) is 0 Å². The van der Waals surface area contributed by atoms with Crippen molar-refractivity contribution in [2.75, 3.05) is 6.61 Å². The van der Waals surface area contributed by atoms with Crippen molar-refractivity contribution >= 4 is 11.4 Å². The lowest BCUT2D eigenvalue weighted by Crippen LogP contribution is -2.00. The minimum absolute atomic E-state index is 0.0851. The molecule has 3 nitrogen and oxygen atoms in total. The van der Waals surface area contributed by atoms with E-state index in [1.54, 1.807) is 12.1 Å². The van der Waals surface area contributed by atoms with Gasteiger partial charge in [0.25, 0.3) is 0 Å². The Balaban J connectivity index is 2.37. The molecule has 1 aromatic rings. The maximum Gasteiger partial charge on any atom is 0.123 e. The number of benzene rings is 1. The maximum absolute atomic E-state index is 12.4. The van der Waals surface area contributed by atoms with Crippen LogP contribution in [0, 0.1) is 5.82 Å². The van der Waals surface area contributed by atoms with Crippen LogP contribution in [0.3, 0.4) is 0 Å². The molecular weight excluding hydrogens is 195 g/mol. The van der Waals surface area contributed by atoms with E-state index in [9.17, 15) is 13.2 Å². The van der Waals surface area contributed by atoms with Crippen molar-refractivity contribution in [1.29, 1.82) is 0 Å². The van der Waals surface area contributed by atoms with Crippen molar-refractivity contribution in [2.24, 2.45) is 0 Å². The Morgan fingerprint density at radius 3 is 2.54 bits per heavy atom.